The molecule has 1 N–H and O–H groups in total. The number of para-hydroxylation sites is 1. The Hall–Kier alpha value is -2.04. The fourth-order valence-corrected chi connectivity index (χ4v) is 2.50. The Balaban J connectivity index is 1.93. The largest absolute Gasteiger partial charge is 0.333 e. The molecule has 24 heavy (non-hydrogen) atoms. The smallest absolute Gasteiger partial charge is 0.244 e. The lowest BCUT2D eigenvalue weighted by Gasteiger charge is -2.20. The van der Waals surface area contributed by atoms with Crippen LogP contribution < -0.4 is 5.32 Å². The molecule has 0 spiro atoms. The Morgan fingerprint density at radius 1 is 1.04 bits per heavy atom. The number of hydrogen-bond acceptors (Lipinski definition) is 2. The molecule has 2 rings (SSSR count). The number of carbonyl (C=O) groups is 2. The standard InChI is InChI=1S/C18H18Cl2N2O2/c1-13(23)22(11-10-14-6-8-15(19)9-7-14)12-18(24)21-17-5-3-2-4-16(17)20/h2-9H,10-12H2,1H3,(H,21,24). The first-order valence-corrected chi connectivity index (χ1v) is 8.25. The topological polar surface area (TPSA) is 49.4 Å². The van der Waals surface area contributed by atoms with E-state index in [4.69, 9.17) is 23.2 Å². The first-order chi connectivity index (χ1) is 11.5. The minimum absolute atomic E-state index is 0.0197. The highest BCUT2D eigenvalue weighted by Gasteiger charge is 2.14. The quantitative estimate of drug-likeness (QED) is 0.841. The fourth-order valence-electron chi connectivity index (χ4n) is 2.19. The van der Waals surface area contributed by atoms with Crippen molar-refractivity contribution in [1.82, 2.24) is 4.90 Å². The number of nitrogens with zero attached hydrogens (tertiary/aromatic N) is 1. The van der Waals surface area contributed by atoms with Crippen LogP contribution >= 0.6 is 23.2 Å². The Bertz CT molecular complexity index is 717. The van der Waals surface area contributed by atoms with Gasteiger partial charge in [-0.25, -0.2) is 0 Å². The third-order valence-corrected chi connectivity index (χ3v) is 4.09. The predicted molar refractivity (Wildman–Crippen MR) is 97.5 cm³/mol. The Morgan fingerprint density at radius 3 is 2.33 bits per heavy atom. The average molecular weight is 365 g/mol. The maximum absolute atomic E-state index is 12.2. The maximum Gasteiger partial charge on any atom is 0.244 e. The van der Waals surface area contributed by atoms with Crippen molar-refractivity contribution >= 4 is 40.7 Å². The van der Waals surface area contributed by atoms with E-state index in [2.05, 4.69) is 5.32 Å². The van der Waals surface area contributed by atoms with Gasteiger partial charge in [0.05, 0.1) is 17.3 Å². The SMILES string of the molecule is CC(=O)N(CCc1ccc(Cl)cc1)CC(=O)Nc1ccccc1Cl. The normalized spacial score (nSPS) is 10.3. The van der Waals surface area contributed by atoms with Gasteiger partial charge in [-0.3, -0.25) is 9.59 Å². The van der Waals surface area contributed by atoms with Crippen molar-refractivity contribution in [2.75, 3.05) is 18.4 Å². The van der Waals surface area contributed by atoms with Crippen molar-refractivity contribution in [3.63, 3.8) is 0 Å². The van der Waals surface area contributed by atoms with E-state index in [0.29, 0.717) is 28.7 Å². The molecule has 2 aromatic carbocycles. The molecule has 0 fully saturated rings. The summed E-state index contributed by atoms with van der Waals surface area (Å²) in [6, 6.07) is 14.4. The number of hydrogen-bond donors (Lipinski definition) is 1. The van der Waals surface area contributed by atoms with Gasteiger partial charge >= 0.3 is 0 Å². The molecule has 2 aromatic rings. The van der Waals surface area contributed by atoms with Gasteiger partial charge in [0.25, 0.3) is 0 Å². The highest BCUT2D eigenvalue weighted by Crippen LogP contribution is 2.20. The number of carbonyl (C=O) groups excluding carboxylic acids is 2. The minimum Gasteiger partial charge on any atom is -0.333 e. The molecule has 0 saturated carbocycles. The van der Waals surface area contributed by atoms with Crippen molar-refractivity contribution in [3.8, 4) is 0 Å². The van der Waals surface area contributed by atoms with Crippen LogP contribution in [0.3, 0.4) is 0 Å². The number of benzene rings is 2. The van der Waals surface area contributed by atoms with Gasteiger partial charge in [-0.2, -0.15) is 0 Å². The van der Waals surface area contributed by atoms with Gasteiger partial charge in [0, 0.05) is 18.5 Å². The van der Waals surface area contributed by atoms with Gasteiger partial charge in [-0.15, -0.1) is 0 Å². The highest BCUT2D eigenvalue weighted by molar-refractivity contribution is 6.33. The van der Waals surface area contributed by atoms with E-state index in [1.165, 1.54) is 11.8 Å². The van der Waals surface area contributed by atoms with Crippen molar-refractivity contribution in [2.45, 2.75) is 13.3 Å². The van der Waals surface area contributed by atoms with Crippen LogP contribution in [0.15, 0.2) is 48.5 Å². The lowest BCUT2D eigenvalue weighted by molar-refractivity contribution is -0.132. The summed E-state index contributed by atoms with van der Waals surface area (Å²) >= 11 is 11.9. The Labute approximate surface area is 151 Å². The second-order valence-electron chi connectivity index (χ2n) is 5.35. The van der Waals surface area contributed by atoms with E-state index in [1.54, 1.807) is 36.4 Å². The highest BCUT2D eigenvalue weighted by atomic mass is 35.5. The molecule has 0 aliphatic carbocycles. The molecule has 0 saturated heterocycles. The number of rotatable bonds is 6. The molecule has 0 aliphatic heterocycles. The van der Waals surface area contributed by atoms with E-state index in [1.807, 2.05) is 12.1 Å². The van der Waals surface area contributed by atoms with Crippen LogP contribution in [0.25, 0.3) is 0 Å². The zero-order chi connectivity index (χ0) is 17.5. The summed E-state index contributed by atoms with van der Waals surface area (Å²) in [5.41, 5.74) is 1.59. The van der Waals surface area contributed by atoms with Crippen molar-refractivity contribution < 1.29 is 9.59 Å². The summed E-state index contributed by atoms with van der Waals surface area (Å²) in [6.45, 7) is 1.88. The molecular formula is C18H18Cl2N2O2. The van der Waals surface area contributed by atoms with Crippen LogP contribution in [0.5, 0.6) is 0 Å². The van der Waals surface area contributed by atoms with Crippen LogP contribution in [0, 0.1) is 0 Å². The van der Waals surface area contributed by atoms with E-state index in [0.717, 1.165) is 5.56 Å². The Kier molecular flexibility index (Phi) is 6.64. The summed E-state index contributed by atoms with van der Waals surface area (Å²) < 4.78 is 0. The lowest BCUT2D eigenvalue weighted by atomic mass is 10.1. The van der Waals surface area contributed by atoms with E-state index in [9.17, 15) is 9.59 Å². The van der Waals surface area contributed by atoms with Crippen LogP contribution in [0.4, 0.5) is 5.69 Å². The van der Waals surface area contributed by atoms with Crippen molar-refractivity contribution in [1.29, 1.82) is 0 Å². The summed E-state index contributed by atoms with van der Waals surface area (Å²) in [4.78, 5) is 25.4. The van der Waals surface area contributed by atoms with Crippen LogP contribution in [-0.4, -0.2) is 29.8 Å². The summed E-state index contributed by atoms with van der Waals surface area (Å²) in [5.74, 6) is -0.437. The lowest BCUT2D eigenvalue weighted by Crippen LogP contribution is -2.38. The second-order valence-corrected chi connectivity index (χ2v) is 6.19. The third kappa shape index (κ3) is 5.55. The third-order valence-electron chi connectivity index (χ3n) is 3.51. The molecule has 4 nitrogen and oxygen atoms in total. The molecule has 0 aliphatic rings. The van der Waals surface area contributed by atoms with Gasteiger partial charge in [-0.1, -0.05) is 47.5 Å². The molecule has 126 valence electrons. The molecule has 0 atom stereocenters. The van der Waals surface area contributed by atoms with E-state index in [-0.39, 0.29) is 18.4 Å². The minimum atomic E-state index is -0.283. The first kappa shape index (κ1) is 18.3. The molecule has 0 bridgehead atoms. The summed E-state index contributed by atoms with van der Waals surface area (Å²) in [7, 11) is 0. The van der Waals surface area contributed by atoms with Crippen molar-refractivity contribution in [3.05, 3.63) is 64.1 Å². The summed E-state index contributed by atoms with van der Waals surface area (Å²) in [6.07, 6.45) is 0.649. The predicted octanol–water partition coefficient (Wildman–Crippen LogP) is 4.02. The van der Waals surface area contributed by atoms with Gasteiger partial charge in [0.1, 0.15) is 0 Å². The van der Waals surface area contributed by atoms with Crippen molar-refractivity contribution in [2.24, 2.45) is 0 Å². The van der Waals surface area contributed by atoms with Gasteiger partial charge in [0.15, 0.2) is 0 Å². The van der Waals surface area contributed by atoms with Crippen LogP contribution in [-0.2, 0) is 16.0 Å². The first-order valence-electron chi connectivity index (χ1n) is 7.50. The maximum atomic E-state index is 12.2. The second kappa shape index (κ2) is 8.71. The van der Waals surface area contributed by atoms with Gasteiger partial charge < -0.3 is 10.2 Å². The molecule has 0 heterocycles. The zero-order valence-electron chi connectivity index (χ0n) is 13.3. The Morgan fingerprint density at radius 2 is 1.71 bits per heavy atom. The molecule has 0 aromatic heterocycles. The fraction of sp³-hybridized carbons (Fsp3) is 0.222. The number of halogens is 2. The number of anilines is 1. The van der Waals surface area contributed by atoms with Crippen LogP contribution in [0.1, 0.15) is 12.5 Å². The van der Waals surface area contributed by atoms with E-state index >= 15 is 0 Å². The molecule has 2 amide bonds. The zero-order valence-corrected chi connectivity index (χ0v) is 14.8. The number of nitrogens with one attached hydrogen (secondary N) is 1. The van der Waals surface area contributed by atoms with Gasteiger partial charge in [0.2, 0.25) is 11.8 Å². The monoisotopic (exact) mass is 364 g/mol. The number of amides is 2. The van der Waals surface area contributed by atoms with Crippen LogP contribution in [0.2, 0.25) is 10.0 Å². The molecule has 0 radical (unpaired) electrons. The molecule has 6 heteroatoms. The average Bonchev–Trinajstić information content (AvgIpc) is 2.55. The molecule has 0 unspecified atom stereocenters. The van der Waals surface area contributed by atoms with Gasteiger partial charge in [-0.05, 0) is 36.2 Å². The summed E-state index contributed by atoms with van der Waals surface area (Å²) in [5, 5.41) is 3.85. The molecular weight excluding hydrogens is 347 g/mol. The van der Waals surface area contributed by atoms with E-state index < -0.39 is 0 Å².